The predicted molar refractivity (Wildman–Crippen MR) is 73.7 cm³/mol. The molecule has 0 bridgehead atoms. The van der Waals surface area contributed by atoms with Crippen molar-refractivity contribution in [3.63, 3.8) is 0 Å². The van der Waals surface area contributed by atoms with Crippen molar-refractivity contribution in [3.8, 4) is 0 Å². The number of rotatable bonds is 3. The van der Waals surface area contributed by atoms with Gasteiger partial charge in [-0.15, -0.1) is 0 Å². The van der Waals surface area contributed by atoms with E-state index in [1.54, 1.807) is 0 Å². The molecular formula is C16H24. The molecule has 1 aromatic carbocycles. The lowest BCUT2D eigenvalue weighted by Gasteiger charge is -2.19. The lowest BCUT2D eigenvalue weighted by atomic mass is 9.86. The Bertz CT molecular complexity index is 347. The number of hydrogen-bond acceptors (Lipinski definition) is 0. The highest BCUT2D eigenvalue weighted by Gasteiger charge is 2.13. The second-order valence-corrected chi connectivity index (χ2v) is 5.39. The molecule has 0 saturated heterocycles. The average Bonchev–Trinajstić information content (AvgIpc) is 2.25. The van der Waals surface area contributed by atoms with Gasteiger partial charge < -0.3 is 0 Å². The molecule has 1 aromatic rings. The van der Waals surface area contributed by atoms with Gasteiger partial charge in [-0.25, -0.2) is 0 Å². The lowest BCUT2D eigenvalue weighted by Crippen LogP contribution is -2.10. The van der Waals surface area contributed by atoms with E-state index in [9.17, 15) is 0 Å². The molecule has 0 heteroatoms. The third-order valence-electron chi connectivity index (χ3n) is 2.99. The Hall–Kier alpha value is -1.04. The van der Waals surface area contributed by atoms with Crippen molar-refractivity contribution in [3.05, 3.63) is 41.5 Å². The van der Waals surface area contributed by atoms with Crippen LogP contribution in [0.3, 0.4) is 0 Å². The maximum atomic E-state index is 2.26. The van der Waals surface area contributed by atoms with E-state index in [-0.39, 0.29) is 5.41 Å². The molecule has 0 saturated carbocycles. The van der Waals surface area contributed by atoms with Crippen molar-refractivity contribution < 1.29 is 0 Å². The van der Waals surface area contributed by atoms with Crippen molar-refractivity contribution in [2.45, 2.75) is 52.9 Å². The van der Waals surface area contributed by atoms with Crippen LogP contribution in [0.2, 0.25) is 0 Å². The molecule has 0 fully saturated rings. The Labute approximate surface area is 100 Å². The zero-order valence-corrected chi connectivity index (χ0v) is 11.3. The van der Waals surface area contributed by atoms with Gasteiger partial charge in [-0.3, -0.25) is 0 Å². The summed E-state index contributed by atoms with van der Waals surface area (Å²) in [6.45, 7) is 11.1. The molecule has 0 heterocycles. The van der Waals surface area contributed by atoms with Gasteiger partial charge in [-0.1, -0.05) is 64.5 Å². The molecule has 0 amide bonds. The van der Waals surface area contributed by atoms with E-state index < -0.39 is 0 Å². The van der Waals surface area contributed by atoms with Gasteiger partial charge in [0, 0.05) is 0 Å². The van der Waals surface area contributed by atoms with Gasteiger partial charge in [0.2, 0.25) is 0 Å². The summed E-state index contributed by atoms with van der Waals surface area (Å²) in [6, 6.07) is 9.03. The molecule has 0 atom stereocenters. The molecule has 0 unspecified atom stereocenters. The Kier molecular flexibility index (Phi) is 4.35. The predicted octanol–water partition coefficient (Wildman–Crippen LogP) is 5.19. The van der Waals surface area contributed by atoms with Crippen LogP contribution in [0.5, 0.6) is 0 Å². The van der Waals surface area contributed by atoms with Crippen molar-refractivity contribution in [1.29, 1.82) is 0 Å². The SMILES string of the molecule is CC=C(CCC)c1ccc(C(C)(C)C)cc1. The van der Waals surface area contributed by atoms with Crippen LogP contribution in [0.15, 0.2) is 30.3 Å². The van der Waals surface area contributed by atoms with Crippen molar-refractivity contribution in [1.82, 2.24) is 0 Å². The largest absolute Gasteiger partial charge is 0.0838 e. The maximum Gasteiger partial charge on any atom is -0.0132 e. The summed E-state index contributed by atoms with van der Waals surface area (Å²) in [5.74, 6) is 0. The number of hydrogen-bond donors (Lipinski definition) is 0. The molecule has 0 N–H and O–H groups in total. The molecule has 88 valence electrons. The first-order valence-electron chi connectivity index (χ1n) is 6.25. The van der Waals surface area contributed by atoms with Crippen molar-refractivity contribution in [2.75, 3.05) is 0 Å². The second-order valence-electron chi connectivity index (χ2n) is 5.39. The normalized spacial score (nSPS) is 12.9. The van der Waals surface area contributed by atoms with E-state index in [0.29, 0.717) is 0 Å². The van der Waals surface area contributed by atoms with Crippen molar-refractivity contribution in [2.24, 2.45) is 0 Å². The monoisotopic (exact) mass is 216 g/mol. The molecule has 0 aromatic heterocycles. The van der Waals surface area contributed by atoms with Gasteiger partial charge in [-0.2, -0.15) is 0 Å². The fraction of sp³-hybridized carbons (Fsp3) is 0.500. The van der Waals surface area contributed by atoms with Crippen LogP contribution >= 0.6 is 0 Å². The smallest absolute Gasteiger partial charge is 0.0132 e. The topological polar surface area (TPSA) is 0 Å². The highest BCUT2D eigenvalue weighted by molar-refractivity contribution is 5.65. The zero-order valence-electron chi connectivity index (χ0n) is 11.3. The summed E-state index contributed by atoms with van der Waals surface area (Å²) in [5.41, 5.74) is 4.49. The number of allylic oxidation sites excluding steroid dienone is 2. The molecule has 0 aliphatic rings. The summed E-state index contributed by atoms with van der Waals surface area (Å²) in [4.78, 5) is 0. The highest BCUT2D eigenvalue weighted by atomic mass is 14.2. The maximum absolute atomic E-state index is 2.26. The van der Waals surface area contributed by atoms with Crippen LogP contribution in [0, 0.1) is 0 Å². The fourth-order valence-electron chi connectivity index (χ4n) is 1.91. The Morgan fingerprint density at radius 2 is 1.69 bits per heavy atom. The summed E-state index contributed by atoms with van der Waals surface area (Å²) in [5, 5.41) is 0. The molecule has 0 aliphatic carbocycles. The molecule has 0 spiro atoms. The van der Waals surface area contributed by atoms with Gasteiger partial charge in [0.25, 0.3) is 0 Å². The summed E-state index contributed by atoms with van der Waals surface area (Å²) >= 11 is 0. The highest BCUT2D eigenvalue weighted by Crippen LogP contribution is 2.25. The lowest BCUT2D eigenvalue weighted by molar-refractivity contribution is 0.590. The molecule has 16 heavy (non-hydrogen) atoms. The first-order valence-corrected chi connectivity index (χ1v) is 6.25. The minimum Gasteiger partial charge on any atom is -0.0838 e. The standard InChI is InChI=1S/C16H24/c1-6-8-13(7-2)14-9-11-15(12-10-14)16(3,4)5/h7,9-12H,6,8H2,1-5H3. The summed E-state index contributed by atoms with van der Waals surface area (Å²) in [6.07, 6.45) is 4.61. The zero-order chi connectivity index (χ0) is 12.2. The van der Waals surface area contributed by atoms with E-state index in [1.807, 2.05) is 0 Å². The third kappa shape index (κ3) is 3.23. The molecular weight excluding hydrogens is 192 g/mol. The molecule has 0 nitrogen and oxygen atoms in total. The number of benzene rings is 1. The molecule has 0 radical (unpaired) electrons. The van der Waals surface area contributed by atoms with Crippen molar-refractivity contribution >= 4 is 5.57 Å². The minimum atomic E-state index is 0.249. The van der Waals surface area contributed by atoms with Gasteiger partial charge in [-0.05, 0) is 35.5 Å². The molecule has 0 aliphatic heterocycles. The van der Waals surface area contributed by atoms with E-state index in [0.717, 1.165) is 0 Å². The van der Waals surface area contributed by atoms with Gasteiger partial charge in [0.1, 0.15) is 0 Å². The Balaban J connectivity index is 2.94. The van der Waals surface area contributed by atoms with Crippen LogP contribution in [0.25, 0.3) is 5.57 Å². The van der Waals surface area contributed by atoms with Gasteiger partial charge in [0.05, 0.1) is 0 Å². The van der Waals surface area contributed by atoms with E-state index in [1.165, 1.54) is 29.5 Å². The van der Waals surface area contributed by atoms with E-state index in [2.05, 4.69) is 65.0 Å². The first kappa shape index (κ1) is 13.0. The third-order valence-corrected chi connectivity index (χ3v) is 2.99. The van der Waals surface area contributed by atoms with Crippen LogP contribution in [0.4, 0.5) is 0 Å². The van der Waals surface area contributed by atoms with Gasteiger partial charge >= 0.3 is 0 Å². The van der Waals surface area contributed by atoms with Crippen LogP contribution in [-0.4, -0.2) is 0 Å². The van der Waals surface area contributed by atoms with E-state index >= 15 is 0 Å². The van der Waals surface area contributed by atoms with Crippen LogP contribution in [0.1, 0.15) is 58.6 Å². The quantitative estimate of drug-likeness (QED) is 0.652. The van der Waals surface area contributed by atoms with E-state index in [4.69, 9.17) is 0 Å². The first-order chi connectivity index (χ1) is 7.49. The van der Waals surface area contributed by atoms with Crippen LogP contribution in [-0.2, 0) is 5.41 Å². The fourth-order valence-corrected chi connectivity index (χ4v) is 1.91. The summed E-state index contributed by atoms with van der Waals surface area (Å²) < 4.78 is 0. The van der Waals surface area contributed by atoms with Gasteiger partial charge in [0.15, 0.2) is 0 Å². The minimum absolute atomic E-state index is 0.249. The molecule has 1 rings (SSSR count). The summed E-state index contributed by atoms with van der Waals surface area (Å²) in [7, 11) is 0. The Morgan fingerprint density at radius 3 is 2.06 bits per heavy atom. The second kappa shape index (κ2) is 5.34. The Morgan fingerprint density at radius 1 is 1.12 bits per heavy atom. The van der Waals surface area contributed by atoms with Crippen LogP contribution < -0.4 is 0 Å². The average molecular weight is 216 g/mol.